The van der Waals surface area contributed by atoms with Gasteiger partial charge in [-0.05, 0) is 19.3 Å². The SMILES string of the molecule is CO[Si](CCCC1CCC(=O)N(CCO)C1=O)(OC)OC. The Morgan fingerprint density at radius 2 is 1.86 bits per heavy atom. The molecule has 1 aliphatic rings. The molecule has 1 N–H and O–H groups in total. The summed E-state index contributed by atoms with van der Waals surface area (Å²) < 4.78 is 16.0. The van der Waals surface area contributed by atoms with E-state index in [0.717, 1.165) is 6.42 Å². The number of imide groups is 1. The van der Waals surface area contributed by atoms with Crippen LogP contribution in [0.25, 0.3) is 0 Å². The highest BCUT2D eigenvalue weighted by molar-refractivity contribution is 6.60. The fourth-order valence-electron chi connectivity index (χ4n) is 2.62. The zero-order valence-corrected chi connectivity index (χ0v) is 14.0. The molecule has 0 spiro atoms. The highest BCUT2D eigenvalue weighted by Crippen LogP contribution is 2.26. The predicted molar refractivity (Wildman–Crippen MR) is 77.4 cm³/mol. The van der Waals surface area contributed by atoms with Gasteiger partial charge in [-0.25, -0.2) is 0 Å². The van der Waals surface area contributed by atoms with Crippen molar-refractivity contribution in [3.05, 3.63) is 0 Å². The molecular formula is C13H25NO6Si. The topological polar surface area (TPSA) is 85.3 Å². The molecule has 0 saturated carbocycles. The van der Waals surface area contributed by atoms with E-state index in [1.54, 1.807) is 21.3 Å². The Bertz CT molecular complexity index is 352. The molecular weight excluding hydrogens is 294 g/mol. The van der Waals surface area contributed by atoms with Crippen molar-refractivity contribution in [2.24, 2.45) is 5.92 Å². The van der Waals surface area contributed by atoms with Gasteiger partial charge in [-0.3, -0.25) is 14.5 Å². The van der Waals surface area contributed by atoms with Crippen LogP contribution in [-0.4, -0.2) is 65.1 Å². The number of aliphatic hydroxyl groups excluding tert-OH is 1. The van der Waals surface area contributed by atoms with Crippen LogP contribution in [0, 0.1) is 5.92 Å². The van der Waals surface area contributed by atoms with Crippen LogP contribution < -0.4 is 0 Å². The van der Waals surface area contributed by atoms with Crippen LogP contribution in [0.2, 0.25) is 6.04 Å². The second kappa shape index (κ2) is 8.59. The Labute approximate surface area is 126 Å². The largest absolute Gasteiger partial charge is 0.500 e. The summed E-state index contributed by atoms with van der Waals surface area (Å²) in [6.45, 7) is -0.113. The van der Waals surface area contributed by atoms with Crippen molar-refractivity contribution in [1.82, 2.24) is 4.90 Å². The van der Waals surface area contributed by atoms with Crippen molar-refractivity contribution in [3.8, 4) is 0 Å². The molecule has 1 aliphatic heterocycles. The number of carbonyl (C=O) groups is 2. The van der Waals surface area contributed by atoms with Gasteiger partial charge in [0.15, 0.2) is 0 Å². The van der Waals surface area contributed by atoms with Gasteiger partial charge in [0, 0.05) is 39.7 Å². The first-order valence-corrected chi connectivity index (χ1v) is 9.07. The molecule has 0 bridgehead atoms. The maximum atomic E-state index is 12.2. The highest BCUT2D eigenvalue weighted by Gasteiger charge is 2.39. The van der Waals surface area contributed by atoms with Crippen LogP contribution in [-0.2, 0) is 22.9 Å². The first-order valence-electron chi connectivity index (χ1n) is 7.14. The minimum Gasteiger partial charge on any atom is -0.395 e. The summed E-state index contributed by atoms with van der Waals surface area (Å²) in [5.41, 5.74) is 0. The molecule has 7 nitrogen and oxygen atoms in total. The highest BCUT2D eigenvalue weighted by atomic mass is 28.4. The molecule has 0 aromatic carbocycles. The van der Waals surface area contributed by atoms with Gasteiger partial charge in [-0.1, -0.05) is 0 Å². The molecule has 1 unspecified atom stereocenters. The summed E-state index contributed by atoms with van der Waals surface area (Å²) in [4.78, 5) is 25.0. The number of likely N-dealkylation sites (tertiary alicyclic amines) is 1. The maximum absolute atomic E-state index is 12.2. The number of hydrogen-bond donors (Lipinski definition) is 1. The van der Waals surface area contributed by atoms with Crippen molar-refractivity contribution >= 4 is 20.6 Å². The van der Waals surface area contributed by atoms with E-state index in [1.807, 2.05) is 0 Å². The lowest BCUT2D eigenvalue weighted by Crippen LogP contribution is -2.46. The van der Waals surface area contributed by atoms with Gasteiger partial charge in [-0.2, -0.15) is 0 Å². The molecule has 0 aromatic heterocycles. The lowest BCUT2D eigenvalue weighted by Gasteiger charge is -2.31. The summed E-state index contributed by atoms with van der Waals surface area (Å²) in [5.74, 6) is -0.550. The number of nitrogens with zero attached hydrogens (tertiary/aromatic N) is 1. The zero-order chi connectivity index (χ0) is 15.9. The number of amides is 2. The van der Waals surface area contributed by atoms with E-state index < -0.39 is 8.80 Å². The third-order valence-electron chi connectivity index (χ3n) is 3.92. The Kier molecular flexibility index (Phi) is 7.47. The van der Waals surface area contributed by atoms with Crippen LogP contribution in [0.5, 0.6) is 0 Å². The third kappa shape index (κ3) is 4.58. The summed E-state index contributed by atoms with van der Waals surface area (Å²) in [6.07, 6.45) is 2.33. The van der Waals surface area contributed by atoms with E-state index in [2.05, 4.69) is 0 Å². The van der Waals surface area contributed by atoms with Crippen molar-refractivity contribution in [3.63, 3.8) is 0 Å². The Balaban J connectivity index is 2.51. The van der Waals surface area contributed by atoms with Gasteiger partial charge in [0.05, 0.1) is 13.2 Å². The van der Waals surface area contributed by atoms with Gasteiger partial charge in [0.25, 0.3) is 0 Å². The van der Waals surface area contributed by atoms with E-state index in [0.29, 0.717) is 25.3 Å². The van der Waals surface area contributed by atoms with Crippen molar-refractivity contribution in [2.75, 3.05) is 34.5 Å². The molecule has 1 fully saturated rings. The average Bonchev–Trinajstić information content (AvgIpc) is 2.50. The third-order valence-corrected chi connectivity index (χ3v) is 6.75. The lowest BCUT2D eigenvalue weighted by atomic mass is 9.92. The Morgan fingerprint density at radius 1 is 1.24 bits per heavy atom. The van der Waals surface area contributed by atoms with Crippen molar-refractivity contribution in [1.29, 1.82) is 0 Å². The van der Waals surface area contributed by atoms with E-state index in [-0.39, 0.29) is 30.9 Å². The number of carbonyl (C=O) groups excluding carboxylic acids is 2. The van der Waals surface area contributed by atoms with Gasteiger partial charge < -0.3 is 18.4 Å². The number of rotatable bonds is 9. The summed E-state index contributed by atoms with van der Waals surface area (Å²) in [5, 5.41) is 8.93. The molecule has 122 valence electrons. The van der Waals surface area contributed by atoms with E-state index in [9.17, 15) is 9.59 Å². The molecule has 1 atom stereocenters. The van der Waals surface area contributed by atoms with Gasteiger partial charge in [-0.15, -0.1) is 0 Å². The number of hydrogen-bond acceptors (Lipinski definition) is 6. The summed E-state index contributed by atoms with van der Waals surface area (Å²) >= 11 is 0. The first kappa shape index (κ1) is 18.2. The molecule has 1 rings (SSSR count). The molecule has 1 heterocycles. The smallest absolute Gasteiger partial charge is 0.395 e. The number of piperidine rings is 1. The van der Waals surface area contributed by atoms with E-state index in [1.165, 1.54) is 4.90 Å². The van der Waals surface area contributed by atoms with Crippen LogP contribution in [0.4, 0.5) is 0 Å². The van der Waals surface area contributed by atoms with Crippen molar-refractivity contribution in [2.45, 2.75) is 31.7 Å². The number of aliphatic hydroxyl groups is 1. The standard InChI is InChI=1S/C13H25NO6Si/c1-18-21(19-2,20-3)10-4-5-11-6-7-12(16)14(8-9-15)13(11)17/h11,15H,4-10H2,1-3H3. The fourth-order valence-corrected chi connectivity index (χ4v) is 4.37. The van der Waals surface area contributed by atoms with Crippen LogP contribution in [0.1, 0.15) is 25.7 Å². The normalized spacial score (nSPS) is 20.2. The molecule has 0 radical (unpaired) electrons. The second-order valence-electron chi connectivity index (χ2n) is 5.03. The van der Waals surface area contributed by atoms with Crippen LogP contribution in [0.15, 0.2) is 0 Å². The molecule has 21 heavy (non-hydrogen) atoms. The Morgan fingerprint density at radius 3 is 2.38 bits per heavy atom. The van der Waals surface area contributed by atoms with E-state index in [4.69, 9.17) is 18.4 Å². The molecule has 0 aliphatic carbocycles. The van der Waals surface area contributed by atoms with Gasteiger partial charge in [0.2, 0.25) is 11.8 Å². The number of β-amino-alcohol motifs (C(OH)–C–C–N with tert-alkyl or cyclic N) is 1. The maximum Gasteiger partial charge on any atom is 0.500 e. The Hall–Kier alpha value is -0.803. The minimum absolute atomic E-state index is 0.0844. The predicted octanol–water partition coefficient (Wildman–Crippen LogP) is 0.402. The average molecular weight is 319 g/mol. The van der Waals surface area contributed by atoms with Crippen molar-refractivity contribution < 1.29 is 28.0 Å². The molecule has 0 aromatic rings. The molecule has 8 heteroatoms. The van der Waals surface area contributed by atoms with Gasteiger partial charge in [0.1, 0.15) is 0 Å². The zero-order valence-electron chi connectivity index (χ0n) is 13.0. The quantitative estimate of drug-likeness (QED) is 0.489. The molecule has 1 saturated heterocycles. The lowest BCUT2D eigenvalue weighted by molar-refractivity contribution is -0.152. The summed E-state index contributed by atoms with van der Waals surface area (Å²) in [6, 6.07) is 0.633. The summed E-state index contributed by atoms with van der Waals surface area (Å²) in [7, 11) is 2.08. The second-order valence-corrected chi connectivity index (χ2v) is 8.12. The van der Waals surface area contributed by atoms with Crippen LogP contribution in [0.3, 0.4) is 0 Å². The van der Waals surface area contributed by atoms with E-state index >= 15 is 0 Å². The fraction of sp³-hybridized carbons (Fsp3) is 0.846. The minimum atomic E-state index is -2.60. The van der Waals surface area contributed by atoms with Crippen LogP contribution >= 0.6 is 0 Å². The monoisotopic (exact) mass is 319 g/mol. The van der Waals surface area contributed by atoms with Gasteiger partial charge >= 0.3 is 8.80 Å². The first-order chi connectivity index (χ1) is 10.0. The molecule has 2 amide bonds.